The van der Waals surface area contributed by atoms with Crippen LogP contribution in [0.5, 0.6) is 0 Å². The fourth-order valence-corrected chi connectivity index (χ4v) is 10.5. The Balaban J connectivity index is 1.29. The molecule has 13 rings (SSSR count). The number of hydrogen-bond acceptors (Lipinski definition) is 2. The fraction of sp³-hybridized carbons (Fsp3) is 0.0526. The van der Waals surface area contributed by atoms with Gasteiger partial charge in [-0.1, -0.05) is 97.1 Å². The summed E-state index contributed by atoms with van der Waals surface area (Å²) in [5, 5.41) is 4.74. The van der Waals surface area contributed by atoms with Crippen LogP contribution in [0, 0.1) is 0 Å². The van der Waals surface area contributed by atoms with E-state index < -0.39 is 46.6 Å². The molecule has 9 aromatic carbocycles. The van der Waals surface area contributed by atoms with Gasteiger partial charge in [0, 0.05) is 43.4 Å². The molecule has 0 aliphatic heterocycles. The normalized spacial score (nSPS) is 12.9. The number of fused-ring (bicyclic) bond motifs is 14. The van der Waals surface area contributed by atoms with Crippen LogP contribution in [-0.4, -0.2) is 9.13 Å². The molecule has 13 aromatic rings. The summed E-state index contributed by atoms with van der Waals surface area (Å²) in [6.45, 7) is 0. The third-order valence-corrected chi connectivity index (χ3v) is 13.4. The minimum atomic E-state index is -5.36. The van der Waals surface area contributed by atoms with Crippen molar-refractivity contribution in [2.75, 3.05) is 0 Å². The van der Waals surface area contributed by atoms with Crippen molar-refractivity contribution >= 4 is 87.5 Å². The molecule has 0 radical (unpaired) electrons. The zero-order valence-electron chi connectivity index (χ0n) is 35.9. The summed E-state index contributed by atoms with van der Waals surface area (Å²) in [7, 11) is 0. The average Bonchev–Trinajstić information content (AvgIpc) is 4.10. The minimum Gasteiger partial charge on any atom is -0.455 e. The summed E-state index contributed by atoms with van der Waals surface area (Å²) in [6, 6.07) is 44.0. The predicted molar refractivity (Wildman–Crippen MR) is 256 cm³/mol. The van der Waals surface area contributed by atoms with Crippen molar-refractivity contribution in [2.24, 2.45) is 0 Å². The third-order valence-electron chi connectivity index (χ3n) is 13.4. The third kappa shape index (κ3) is 6.06. The van der Waals surface area contributed by atoms with Gasteiger partial charge in [0.15, 0.2) is 0 Å². The van der Waals surface area contributed by atoms with E-state index in [0.29, 0.717) is 54.6 Å². The number of furan rings is 2. The molecule has 0 bridgehead atoms. The van der Waals surface area contributed by atoms with Crippen LogP contribution in [0.25, 0.3) is 121 Å². The first-order chi connectivity index (χ1) is 33.6. The van der Waals surface area contributed by atoms with E-state index in [0.717, 1.165) is 47.2 Å². The number of benzene rings is 9. The largest absolute Gasteiger partial charge is 0.455 e. The van der Waals surface area contributed by atoms with Crippen molar-refractivity contribution in [3.8, 4) is 33.6 Å². The molecule has 342 valence electrons. The average molecular weight is 945 g/mol. The molecule has 0 N–H and O–H groups in total. The lowest BCUT2D eigenvalue weighted by molar-refractivity contribution is -0.138. The van der Waals surface area contributed by atoms with Gasteiger partial charge in [0.25, 0.3) is 0 Å². The Morgan fingerprint density at radius 2 is 0.729 bits per heavy atom. The molecule has 4 aromatic heterocycles. The number of halogens is 9. The lowest BCUT2D eigenvalue weighted by Crippen LogP contribution is -2.18. The van der Waals surface area contributed by atoms with Crippen LogP contribution in [0.3, 0.4) is 0 Å². The number of rotatable bonds is 4. The van der Waals surface area contributed by atoms with Gasteiger partial charge >= 0.3 is 18.5 Å². The minimum absolute atomic E-state index is 0.232. The van der Waals surface area contributed by atoms with Crippen molar-refractivity contribution < 1.29 is 48.3 Å². The van der Waals surface area contributed by atoms with E-state index in [9.17, 15) is 26.3 Å². The van der Waals surface area contributed by atoms with Crippen molar-refractivity contribution in [3.63, 3.8) is 0 Å². The summed E-state index contributed by atoms with van der Waals surface area (Å²) in [5.74, 6) is 0. The quantitative estimate of drug-likeness (QED) is 0.165. The van der Waals surface area contributed by atoms with E-state index in [-0.39, 0.29) is 44.3 Å². The standard InChI is InChI=1S/C57H29F9N2O2/c58-55(59,60)32-13-9-11-30(27-32)40-29-41(31-12-10-14-33(28-31)56(61,62)63)52(68-43-20-6-2-18-39(43)49-45(68)26-24-37-35-16-4-8-22-47(35)70-54(37)49)50(57(64,65)66)51(40)67-42-19-5-1-17-38(42)48-44(67)25-23-36-34-15-3-7-21-46(34)69-53(36)48/h1-29H. The van der Waals surface area contributed by atoms with E-state index in [1.807, 2.05) is 24.3 Å². The predicted octanol–water partition coefficient (Wildman–Crippen LogP) is 18.1. The van der Waals surface area contributed by atoms with Crippen LogP contribution in [0.15, 0.2) is 185 Å². The van der Waals surface area contributed by atoms with Crippen LogP contribution in [0.1, 0.15) is 16.7 Å². The first-order valence-electron chi connectivity index (χ1n) is 22.0. The highest BCUT2D eigenvalue weighted by atomic mass is 19.4. The Bertz CT molecular complexity index is 4070. The van der Waals surface area contributed by atoms with E-state index in [1.165, 1.54) is 27.3 Å². The monoisotopic (exact) mass is 944 g/mol. The van der Waals surface area contributed by atoms with Gasteiger partial charge in [-0.3, -0.25) is 0 Å². The summed E-state index contributed by atoms with van der Waals surface area (Å²) in [6.07, 6.45) is -15.2. The van der Waals surface area contributed by atoms with Gasteiger partial charge in [0.1, 0.15) is 27.9 Å². The first-order valence-corrected chi connectivity index (χ1v) is 22.0. The maximum Gasteiger partial charge on any atom is 0.420 e. The van der Waals surface area contributed by atoms with E-state index in [2.05, 4.69) is 0 Å². The van der Waals surface area contributed by atoms with Crippen LogP contribution >= 0.6 is 0 Å². The van der Waals surface area contributed by atoms with Crippen molar-refractivity contribution in [2.45, 2.75) is 18.5 Å². The molecule has 0 unspecified atom stereocenters. The molecule has 4 nitrogen and oxygen atoms in total. The second kappa shape index (κ2) is 14.5. The first kappa shape index (κ1) is 41.7. The fourth-order valence-electron chi connectivity index (χ4n) is 10.5. The Morgan fingerprint density at radius 3 is 1.14 bits per heavy atom. The molecule has 4 heterocycles. The zero-order chi connectivity index (χ0) is 48.0. The summed E-state index contributed by atoms with van der Waals surface area (Å²) >= 11 is 0. The smallest absolute Gasteiger partial charge is 0.420 e. The second-order valence-electron chi connectivity index (χ2n) is 17.3. The Labute approximate surface area is 388 Å². The molecule has 0 spiro atoms. The molecule has 0 aliphatic carbocycles. The zero-order valence-corrected chi connectivity index (χ0v) is 35.9. The SMILES string of the molecule is FC(F)(F)c1cccc(-c2cc(-c3cccc(C(F)(F)F)c3)c(-n3c4ccccc4c4c5oc6ccccc6c5ccc43)c(C(F)(F)F)c2-n2c3ccccc3c3c4oc5ccccc5c4ccc32)c1. The highest BCUT2D eigenvalue weighted by Gasteiger charge is 2.43. The van der Waals surface area contributed by atoms with Gasteiger partial charge in [0.05, 0.1) is 55.3 Å². The van der Waals surface area contributed by atoms with Gasteiger partial charge in [-0.25, -0.2) is 0 Å². The van der Waals surface area contributed by atoms with Crippen LogP contribution in [-0.2, 0) is 18.5 Å². The molecule has 70 heavy (non-hydrogen) atoms. The number of para-hydroxylation sites is 4. The van der Waals surface area contributed by atoms with Gasteiger partial charge in [-0.2, -0.15) is 39.5 Å². The molecular weight excluding hydrogens is 916 g/mol. The molecule has 0 saturated carbocycles. The molecule has 13 heteroatoms. The topological polar surface area (TPSA) is 36.1 Å². The van der Waals surface area contributed by atoms with Gasteiger partial charge < -0.3 is 18.0 Å². The summed E-state index contributed by atoms with van der Waals surface area (Å²) < 4.78 is 156. The van der Waals surface area contributed by atoms with Gasteiger partial charge in [-0.05, 0) is 90.0 Å². The van der Waals surface area contributed by atoms with E-state index in [1.54, 1.807) is 97.1 Å². The molecule has 0 atom stereocenters. The Hall–Kier alpha value is -8.45. The number of alkyl halides is 9. The maximum absolute atomic E-state index is 17.4. The van der Waals surface area contributed by atoms with E-state index >= 15 is 13.2 Å². The van der Waals surface area contributed by atoms with Gasteiger partial charge in [-0.15, -0.1) is 0 Å². The van der Waals surface area contributed by atoms with Gasteiger partial charge in [0.2, 0.25) is 0 Å². The van der Waals surface area contributed by atoms with Crippen LogP contribution in [0.4, 0.5) is 39.5 Å². The lowest BCUT2D eigenvalue weighted by atomic mass is 9.89. The molecular formula is C57H29F9N2O2. The maximum atomic E-state index is 17.4. The molecule has 0 fully saturated rings. The second-order valence-corrected chi connectivity index (χ2v) is 17.3. The lowest BCUT2D eigenvalue weighted by Gasteiger charge is -2.27. The Morgan fingerprint density at radius 1 is 0.329 bits per heavy atom. The van der Waals surface area contributed by atoms with Crippen LogP contribution < -0.4 is 0 Å². The number of aromatic nitrogens is 2. The molecule has 0 saturated heterocycles. The van der Waals surface area contributed by atoms with Crippen molar-refractivity contribution in [1.82, 2.24) is 9.13 Å². The van der Waals surface area contributed by atoms with E-state index in [4.69, 9.17) is 8.83 Å². The molecule has 0 aliphatic rings. The molecule has 0 amide bonds. The summed E-state index contributed by atoms with van der Waals surface area (Å²) in [5.41, 5.74) is -3.14. The Kier molecular flexibility index (Phi) is 8.66. The highest BCUT2D eigenvalue weighted by molar-refractivity contribution is 6.26. The number of nitrogens with zero attached hydrogens (tertiary/aromatic N) is 2. The highest BCUT2D eigenvalue weighted by Crippen LogP contribution is 2.53. The van der Waals surface area contributed by atoms with Crippen molar-refractivity contribution in [3.05, 3.63) is 193 Å². The summed E-state index contributed by atoms with van der Waals surface area (Å²) in [4.78, 5) is 0. The van der Waals surface area contributed by atoms with Crippen molar-refractivity contribution in [1.29, 1.82) is 0 Å². The van der Waals surface area contributed by atoms with Crippen LogP contribution in [0.2, 0.25) is 0 Å². The number of hydrogen-bond donors (Lipinski definition) is 0.